The highest BCUT2D eigenvalue weighted by molar-refractivity contribution is 4.84. The number of ether oxygens (including phenoxy) is 4. The van der Waals surface area contributed by atoms with Gasteiger partial charge in [0.15, 0.2) is 0 Å². The van der Waals surface area contributed by atoms with E-state index in [1.807, 2.05) is 0 Å². The van der Waals surface area contributed by atoms with Gasteiger partial charge in [-0.25, -0.2) is 0 Å². The van der Waals surface area contributed by atoms with E-state index in [9.17, 15) is 0 Å². The molecule has 2 rings (SSSR count). The maximum Gasteiger partial charge on any atom is 0.0813 e. The van der Waals surface area contributed by atoms with E-state index in [2.05, 4.69) is 5.32 Å². The van der Waals surface area contributed by atoms with E-state index in [0.29, 0.717) is 39.1 Å². The van der Waals surface area contributed by atoms with E-state index in [1.165, 1.54) is 12.8 Å². The highest BCUT2D eigenvalue weighted by atomic mass is 16.6. The van der Waals surface area contributed by atoms with Crippen LogP contribution in [0.5, 0.6) is 0 Å². The van der Waals surface area contributed by atoms with Crippen LogP contribution in [0.2, 0.25) is 0 Å². The maximum absolute atomic E-state index is 5.94. The van der Waals surface area contributed by atoms with E-state index in [0.717, 1.165) is 25.4 Å². The first-order valence-electron chi connectivity index (χ1n) is 7.41. The Labute approximate surface area is 115 Å². The molecule has 0 spiro atoms. The van der Waals surface area contributed by atoms with Gasteiger partial charge < -0.3 is 24.3 Å². The lowest BCUT2D eigenvalue weighted by Gasteiger charge is -2.14. The highest BCUT2D eigenvalue weighted by Gasteiger charge is 2.27. The normalized spacial score (nSPS) is 27.0. The monoisotopic (exact) mass is 273 g/mol. The first-order chi connectivity index (χ1) is 9.38. The van der Waals surface area contributed by atoms with Crippen molar-refractivity contribution in [3.8, 4) is 0 Å². The minimum Gasteiger partial charge on any atom is -0.382 e. The predicted octanol–water partition coefficient (Wildman–Crippen LogP) is 0.966. The molecule has 2 unspecified atom stereocenters. The number of nitrogens with one attached hydrogen (secondary N) is 1. The molecule has 112 valence electrons. The molecule has 0 aromatic carbocycles. The third-order valence-electron chi connectivity index (χ3n) is 3.51. The summed E-state index contributed by atoms with van der Waals surface area (Å²) in [7, 11) is 1.67. The molecule has 1 N–H and O–H groups in total. The first-order valence-corrected chi connectivity index (χ1v) is 7.41. The van der Waals surface area contributed by atoms with Gasteiger partial charge in [0.1, 0.15) is 0 Å². The van der Waals surface area contributed by atoms with Crippen LogP contribution in [-0.4, -0.2) is 64.9 Å². The number of rotatable bonds is 11. The molecule has 0 amide bonds. The Kier molecular flexibility index (Phi) is 7.09. The van der Waals surface area contributed by atoms with E-state index >= 15 is 0 Å². The fourth-order valence-electron chi connectivity index (χ4n) is 2.22. The molecule has 1 saturated heterocycles. The van der Waals surface area contributed by atoms with Crippen LogP contribution in [0.15, 0.2) is 0 Å². The Morgan fingerprint density at radius 1 is 0.947 bits per heavy atom. The molecule has 5 heteroatoms. The summed E-state index contributed by atoms with van der Waals surface area (Å²) in [4.78, 5) is 0. The Hall–Kier alpha value is -0.200. The van der Waals surface area contributed by atoms with Crippen molar-refractivity contribution in [1.29, 1.82) is 0 Å². The van der Waals surface area contributed by atoms with Crippen LogP contribution in [-0.2, 0) is 18.9 Å². The number of hydrogen-bond donors (Lipinski definition) is 1. The summed E-state index contributed by atoms with van der Waals surface area (Å²) in [6, 6.07) is 0.767. The predicted molar refractivity (Wildman–Crippen MR) is 72.4 cm³/mol. The fourth-order valence-corrected chi connectivity index (χ4v) is 2.22. The molecular weight excluding hydrogens is 246 g/mol. The molecule has 1 aliphatic carbocycles. The van der Waals surface area contributed by atoms with Crippen LogP contribution in [0.3, 0.4) is 0 Å². The second kappa shape index (κ2) is 8.87. The topological polar surface area (TPSA) is 49.0 Å². The summed E-state index contributed by atoms with van der Waals surface area (Å²) in [6.07, 6.45) is 5.58. The largest absolute Gasteiger partial charge is 0.382 e. The lowest BCUT2D eigenvalue weighted by molar-refractivity contribution is -0.0319. The van der Waals surface area contributed by atoms with Crippen LogP contribution in [0.1, 0.15) is 25.7 Å². The number of methoxy groups -OCH3 is 1. The van der Waals surface area contributed by atoms with Crippen molar-refractivity contribution in [3.63, 3.8) is 0 Å². The summed E-state index contributed by atoms with van der Waals surface area (Å²) < 4.78 is 21.7. The van der Waals surface area contributed by atoms with Crippen LogP contribution in [0.4, 0.5) is 0 Å². The standard InChI is InChI=1S/C14H27NO4/c1-16-6-7-17-8-9-18-11-14-5-4-13(19-14)10-15-12-2-3-12/h12-15H,2-11H2,1H3. The van der Waals surface area contributed by atoms with Crippen molar-refractivity contribution in [3.05, 3.63) is 0 Å². The molecule has 1 aliphatic heterocycles. The molecule has 0 radical (unpaired) electrons. The van der Waals surface area contributed by atoms with Crippen LogP contribution < -0.4 is 5.32 Å². The van der Waals surface area contributed by atoms with Gasteiger partial charge in [0.25, 0.3) is 0 Å². The maximum atomic E-state index is 5.94. The molecule has 1 saturated carbocycles. The van der Waals surface area contributed by atoms with Gasteiger partial charge in [-0.3, -0.25) is 0 Å². The highest BCUT2D eigenvalue weighted by Crippen LogP contribution is 2.22. The average Bonchev–Trinajstić information content (AvgIpc) is 3.15. The van der Waals surface area contributed by atoms with E-state index in [4.69, 9.17) is 18.9 Å². The lowest BCUT2D eigenvalue weighted by atomic mass is 10.2. The van der Waals surface area contributed by atoms with E-state index in [-0.39, 0.29) is 6.10 Å². The minimum absolute atomic E-state index is 0.268. The van der Waals surface area contributed by atoms with Crippen molar-refractivity contribution in [2.24, 2.45) is 0 Å². The van der Waals surface area contributed by atoms with Crippen molar-refractivity contribution in [2.45, 2.75) is 43.9 Å². The van der Waals surface area contributed by atoms with Gasteiger partial charge in [-0.05, 0) is 25.7 Å². The zero-order chi connectivity index (χ0) is 13.3. The molecular formula is C14H27NO4. The summed E-state index contributed by atoms with van der Waals surface area (Å²) in [6.45, 7) is 4.22. The molecule has 0 bridgehead atoms. The second-order valence-corrected chi connectivity index (χ2v) is 5.32. The number of hydrogen-bond acceptors (Lipinski definition) is 5. The Morgan fingerprint density at radius 2 is 1.68 bits per heavy atom. The Balaban J connectivity index is 1.39. The van der Waals surface area contributed by atoms with Crippen molar-refractivity contribution < 1.29 is 18.9 Å². The van der Waals surface area contributed by atoms with Gasteiger partial charge in [-0.1, -0.05) is 0 Å². The fraction of sp³-hybridized carbons (Fsp3) is 1.00. The molecule has 19 heavy (non-hydrogen) atoms. The Bertz CT molecular complexity index is 235. The van der Waals surface area contributed by atoms with Gasteiger partial charge in [0.2, 0.25) is 0 Å². The van der Waals surface area contributed by atoms with Gasteiger partial charge in [0, 0.05) is 19.7 Å². The average molecular weight is 273 g/mol. The molecule has 0 aromatic rings. The third-order valence-corrected chi connectivity index (χ3v) is 3.51. The first kappa shape index (κ1) is 15.2. The SMILES string of the molecule is COCCOCCOCC1CCC(CNC2CC2)O1. The van der Waals surface area contributed by atoms with E-state index in [1.54, 1.807) is 7.11 Å². The minimum atomic E-state index is 0.268. The van der Waals surface area contributed by atoms with Gasteiger partial charge in [-0.15, -0.1) is 0 Å². The summed E-state index contributed by atoms with van der Waals surface area (Å²) >= 11 is 0. The quantitative estimate of drug-likeness (QED) is 0.568. The van der Waals surface area contributed by atoms with Gasteiger partial charge in [-0.2, -0.15) is 0 Å². The van der Waals surface area contributed by atoms with Crippen molar-refractivity contribution >= 4 is 0 Å². The van der Waals surface area contributed by atoms with Crippen molar-refractivity contribution in [1.82, 2.24) is 5.32 Å². The van der Waals surface area contributed by atoms with Crippen molar-refractivity contribution in [2.75, 3.05) is 46.7 Å². The summed E-state index contributed by atoms with van der Waals surface area (Å²) in [5.41, 5.74) is 0. The lowest BCUT2D eigenvalue weighted by Crippen LogP contribution is -2.29. The molecule has 0 aromatic heterocycles. The third kappa shape index (κ3) is 6.68. The molecule has 2 aliphatic rings. The zero-order valence-corrected chi connectivity index (χ0v) is 11.9. The van der Waals surface area contributed by atoms with E-state index < -0.39 is 0 Å². The van der Waals surface area contributed by atoms with Gasteiger partial charge >= 0.3 is 0 Å². The molecule has 1 heterocycles. The second-order valence-electron chi connectivity index (χ2n) is 5.32. The van der Waals surface area contributed by atoms with Crippen LogP contribution in [0.25, 0.3) is 0 Å². The summed E-state index contributed by atoms with van der Waals surface area (Å²) in [5, 5.41) is 3.52. The molecule has 5 nitrogen and oxygen atoms in total. The smallest absolute Gasteiger partial charge is 0.0813 e. The van der Waals surface area contributed by atoms with Crippen LogP contribution >= 0.6 is 0 Å². The van der Waals surface area contributed by atoms with Gasteiger partial charge in [0.05, 0.1) is 45.2 Å². The molecule has 2 fully saturated rings. The summed E-state index contributed by atoms with van der Waals surface area (Å²) in [5.74, 6) is 0. The molecule has 2 atom stereocenters. The Morgan fingerprint density at radius 3 is 2.47 bits per heavy atom. The van der Waals surface area contributed by atoms with Crippen LogP contribution in [0, 0.1) is 0 Å². The zero-order valence-electron chi connectivity index (χ0n) is 11.9.